The van der Waals surface area contributed by atoms with Gasteiger partial charge in [0.05, 0.1) is 13.7 Å². The van der Waals surface area contributed by atoms with Crippen molar-refractivity contribution in [2.24, 2.45) is 0 Å². The summed E-state index contributed by atoms with van der Waals surface area (Å²) < 4.78 is 7.04. The normalized spacial score (nSPS) is 10.5. The smallest absolute Gasteiger partial charge is 0.342 e. The predicted octanol–water partition coefficient (Wildman–Crippen LogP) is 6.17. The highest BCUT2D eigenvalue weighted by Crippen LogP contribution is 2.26. The Bertz CT molecular complexity index is 1210. The van der Waals surface area contributed by atoms with Gasteiger partial charge in [-0.25, -0.2) is 4.79 Å². The molecule has 0 bridgehead atoms. The second-order valence-corrected chi connectivity index (χ2v) is 7.04. The lowest BCUT2D eigenvalue weighted by Gasteiger charge is -2.10. The molecule has 0 aliphatic rings. The molecule has 2 aromatic carbocycles. The zero-order chi connectivity index (χ0) is 23.6. The molecule has 5 heteroatoms. The molecule has 0 fully saturated rings. The molecule has 3 rings (SSSR count). The fourth-order valence-corrected chi connectivity index (χ4v) is 3.18. The molecule has 0 radical (unpaired) electrons. The Hall–Kier alpha value is -4.01. The average molecular weight is 442 g/mol. The van der Waals surface area contributed by atoms with Crippen molar-refractivity contribution < 1.29 is 19.3 Å². The molecular formula is C28H27NO4. The fourth-order valence-electron chi connectivity index (χ4n) is 3.18. The van der Waals surface area contributed by atoms with Gasteiger partial charge in [0.25, 0.3) is 0 Å². The first-order chi connectivity index (χ1) is 16.1. The highest BCUT2D eigenvalue weighted by atomic mass is 17.2. The van der Waals surface area contributed by atoms with Crippen molar-refractivity contribution in [2.75, 3.05) is 13.7 Å². The first-order valence-electron chi connectivity index (χ1n) is 10.7. The van der Waals surface area contributed by atoms with Crippen molar-refractivity contribution >= 4 is 24.2 Å². The van der Waals surface area contributed by atoms with Gasteiger partial charge in [-0.05, 0) is 30.2 Å². The second kappa shape index (κ2) is 11.6. The highest BCUT2D eigenvalue weighted by molar-refractivity contribution is 5.93. The quantitative estimate of drug-likeness (QED) is 0.182. The third-order valence-electron chi connectivity index (χ3n) is 4.82. The summed E-state index contributed by atoms with van der Waals surface area (Å²) in [5.74, 6) is 6.18. The van der Waals surface area contributed by atoms with Gasteiger partial charge in [-0.1, -0.05) is 67.8 Å². The molecule has 168 valence electrons. The maximum absolute atomic E-state index is 12.2. The van der Waals surface area contributed by atoms with Crippen LogP contribution in [0.25, 0.3) is 23.9 Å². The summed E-state index contributed by atoms with van der Waals surface area (Å²) in [6.07, 6.45) is 10.6. The van der Waals surface area contributed by atoms with Gasteiger partial charge in [0, 0.05) is 41.7 Å². The van der Waals surface area contributed by atoms with Gasteiger partial charge in [-0.2, -0.15) is 4.89 Å². The SMILES string of the molecule is C=Cc1ccc(/C=C/c2cn(-c3ccc(C(=O)OCC)c(OOC)c3)cc2C#CCC)cc1. The van der Waals surface area contributed by atoms with E-state index in [0.717, 1.165) is 34.4 Å². The van der Waals surface area contributed by atoms with Crippen LogP contribution in [0, 0.1) is 11.8 Å². The van der Waals surface area contributed by atoms with Crippen molar-refractivity contribution in [3.63, 3.8) is 0 Å². The van der Waals surface area contributed by atoms with E-state index in [2.05, 4.69) is 18.4 Å². The molecule has 33 heavy (non-hydrogen) atoms. The van der Waals surface area contributed by atoms with Crippen LogP contribution < -0.4 is 4.89 Å². The molecule has 0 spiro atoms. The molecule has 0 saturated heterocycles. The van der Waals surface area contributed by atoms with E-state index in [1.165, 1.54) is 7.11 Å². The van der Waals surface area contributed by atoms with Crippen LogP contribution in [0.2, 0.25) is 0 Å². The highest BCUT2D eigenvalue weighted by Gasteiger charge is 2.16. The molecule has 0 aliphatic carbocycles. The molecule has 0 atom stereocenters. The first-order valence-corrected chi connectivity index (χ1v) is 10.7. The van der Waals surface area contributed by atoms with Gasteiger partial charge < -0.3 is 14.2 Å². The van der Waals surface area contributed by atoms with Crippen LogP contribution in [0.1, 0.15) is 52.9 Å². The monoisotopic (exact) mass is 441 g/mol. The maximum Gasteiger partial charge on any atom is 0.342 e. The average Bonchev–Trinajstić information content (AvgIpc) is 3.25. The molecule has 0 N–H and O–H groups in total. The summed E-state index contributed by atoms with van der Waals surface area (Å²) in [5.41, 5.74) is 5.13. The number of carbonyl (C=O) groups excluding carboxylic acids is 1. The summed E-state index contributed by atoms with van der Waals surface area (Å²) >= 11 is 0. The van der Waals surface area contributed by atoms with Gasteiger partial charge in [0.15, 0.2) is 5.75 Å². The molecule has 0 unspecified atom stereocenters. The zero-order valence-electron chi connectivity index (χ0n) is 19.1. The Labute approximate surface area is 194 Å². The Kier molecular flexibility index (Phi) is 8.29. The van der Waals surface area contributed by atoms with E-state index >= 15 is 0 Å². The predicted molar refractivity (Wildman–Crippen MR) is 132 cm³/mol. The molecule has 1 aromatic heterocycles. The number of esters is 1. The summed E-state index contributed by atoms with van der Waals surface area (Å²) in [5, 5.41) is 0. The Morgan fingerprint density at radius 3 is 2.48 bits per heavy atom. The third-order valence-corrected chi connectivity index (χ3v) is 4.82. The summed E-state index contributed by atoms with van der Waals surface area (Å²) in [6.45, 7) is 7.83. The molecule has 1 heterocycles. The van der Waals surface area contributed by atoms with Crippen LogP contribution >= 0.6 is 0 Å². The molecule has 0 amide bonds. The maximum atomic E-state index is 12.2. The van der Waals surface area contributed by atoms with Crippen molar-refractivity contribution in [1.82, 2.24) is 4.57 Å². The van der Waals surface area contributed by atoms with E-state index in [-0.39, 0.29) is 12.4 Å². The lowest BCUT2D eigenvalue weighted by atomic mass is 10.1. The van der Waals surface area contributed by atoms with E-state index in [1.807, 2.05) is 72.4 Å². The van der Waals surface area contributed by atoms with Gasteiger partial charge in [-0.3, -0.25) is 0 Å². The van der Waals surface area contributed by atoms with E-state index in [1.54, 1.807) is 19.1 Å². The Morgan fingerprint density at radius 1 is 1.06 bits per heavy atom. The Morgan fingerprint density at radius 2 is 1.82 bits per heavy atom. The van der Waals surface area contributed by atoms with Crippen molar-refractivity contribution in [3.05, 3.63) is 89.3 Å². The molecular weight excluding hydrogens is 414 g/mol. The fraction of sp³-hybridized carbons (Fsp3) is 0.179. The van der Waals surface area contributed by atoms with Gasteiger partial charge in [0.1, 0.15) is 5.56 Å². The van der Waals surface area contributed by atoms with Crippen LogP contribution in [0.15, 0.2) is 61.4 Å². The Balaban J connectivity index is 1.98. The molecule has 5 nitrogen and oxygen atoms in total. The number of hydrogen-bond donors (Lipinski definition) is 0. The number of rotatable bonds is 8. The van der Waals surface area contributed by atoms with E-state index in [4.69, 9.17) is 14.5 Å². The molecule has 0 saturated carbocycles. The number of ether oxygens (including phenoxy) is 1. The number of nitrogens with zero attached hydrogens (tertiary/aromatic N) is 1. The van der Waals surface area contributed by atoms with Crippen LogP contribution in [-0.4, -0.2) is 24.3 Å². The van der Waals surface area contributed by atoms with Crippen LogP contribution in [0.5, 0.6) is 5.75 Å². The van der Waals surface area contributed by atoms with E-state index < -0.39 is 5.97 Å². The minimum Gasteiger partial charge on any atom is -0.462 e. The molecule has 3 aromatic rings. The second-order valence-electron chi connectivity index (χ2n) is 7.04. The summed E-state index contributed by atoms with van der Waals surface area (Å²) in [6, 6.07) is 13.4. The minimum atomic E-state index is -0.468. The topological polar surface area (TPSA) is 49.7 Å². The zero-order valence-corrected chi connectivity index (χ0v) is 19.1. The lowest BCUT2D eigenvalue weighted by molar-refractivity contribution is -0.178. The minimum absolute atomic E-state index is 0.274. The summed E-state index contributed by atoms with van der Waals surface area (Å²) in [4.78, 5) is 22.3. The van der Waals surface area contributed by atoms with Crippen molar-refractivity contribution in [3.8, 4) is 23.3 Å². The van der Waals surface area contributed by atoms with Gasteiger partial charge in [-0.15, -0.1) is 0 Å². The number of hydrogen-bond acceptors (Lipinski definition) is 4. The van der Waals surface area contributed by atoms with E-state index in [9.17, 15) is 4.79 Å². The van der Waals surface area contributed by atoms with Crippen LogP contribution in [-0.2, 0) is 9.62 Å². The molecule has 0 aliphatic heterocycles. The van der Waals surface area contributed by atoms with Crippen molar-refractivity contribution in [2.45, 2.75) is 20.3 Å². The number of benzene rings is 2. The first kappa shape index (κ1) is 23.6. The largest absolute Gasteiger partial charge is 0.462 e. The van der Waals surface area contributed by atoms with Gasteiger partial charge >= 0.3 is 5.97 Å². The summed E-state index contributed by atoms with van der Waals surface area (Å²) in [7, 11) is 1.39. The van der Waals surface area contributed by atoms with E-state index in [0.29, 0.717) is 5.56 Å². The number of aromatic nitrogens is 1. The standard InChI is InChI=1S/C28H27NO4/c1-5-8-9-23-19-29(20-24(23)15-14-22-12-10-21(6-2)11-13-22)25-16-17-26(28(30)32-7-3)27(18-25)33-31-4/h6,10-20H,2,5,7H2,1,3-4H3/b15-14+. The third kappa shape index (κ3) is 6.03. The van der Waals surface area contributed by atoms with Gasteiger partial charge in [0.2, 0.25) is 0 Å². The van der Waals surface area contributed by atoms with Crippen LogP contribution in [0.4, 0.5) is 0 Å². The lowest BCUT2D eigenvalue weighted by Crippen LogP contribution is -2.08. The number of carbonyl (C=O) groups is 1. The van der Waals surface area contributed by atoms with Crippen molar-refractivity contribution in [1.29, 1.82) is 0 Å². The van der Waals surface area contributed by atoms with Crippen LogP contribution in [0.3, 0.4) is 0 Å².